The van der Waals surface area contributed by atoms with E-state index in [1.807, 2.05) is 36.5 Å². The van der Waals surface area contributed by atoms with E-state index in [9.17, 15) is 4.79 Å². The number of amides is 1. The van der Waals surface area contributed by atoms with Crippen LogP contribution in [0.15, 0.2) is 60.9 Å². The molecule has 0 saturated heterocycles. The largest absolute Gasteiger partial charge is 0.497 e. The van der Waals surface area contributed by atoms with Crippen LogP contribution in [0.2, 0.25) is 5.02 Å². The second-order valence-corrected chi connectivity index (χ2v) is 5.60. The summed E-state index contributed by atoms with van der Waals surface area (Å²) in [7, 11) is 1.57. The van der Waals surface area contributed by atoms with Crippen molar-refractivity contribution in [3.8, 4) is 11.4 Å². The van der Waals surface area contributed by atoms with Crippen LogP contribution in [-0.2, 0) is 11.2 Å². The van der Waals surface area contributed by atoms with Gasteiger partial charge in [0.2, 0.25) is 5.91 Å². The van der Waals surface area contributed by atoms with Crippen molar-refractivity contribution in [1.29, 1.82) is 0 Å². The number of hydrogen-bond donors (Lipinski definition) is 1. The number of nitrogens with zero attached hydrogens (tertiary/aromatic N) is 2. The maximum atomic E-state index is 12.2. The first-order valence-electron chi connectivity index (χ1n) is 7.38. The fraction of sp³-hybridized carbons (Fsp3) is 0.111. The van der Waals surface area contributed by atoms with Crippen LogP contribution in [0.3, 0.4) is 0 Å². The van der Waals surface area contributed by atoms with Crippen LogP contribution in [0.25, 0.3) is 5.69 Å². The number of ether oxygens (including phenoxy) is 1. The predicted octanol–water partition coefficient (Wildman–Crippen LogP) is 3.72. The third-order valence-electron chi connectivity index (χ3n) is 3.52. The molecule has 0 bridgehead atoms. The van der Waals surface area contributed by atoms with E-state index in [4.69, 9.17) is 16.3 Å². The van der Waals surface area contributed by atoms with Crippen LogP contribution in [0.4, 0.5) is 5.69 Å². The van der Waals surface area contributed by atoms with Crippen molar-refractivity contribution in [2.75, 3.05) is 12.4 Å². The lowest BCUT2D eigenvalue weighted by molar-refractivity contribution is -0.115. The van der Waals surface area contributed by atoms with Gasteiger partial charge in [-0.05, 0) is 35.9 Å². The third-order valence-corrected chi connectivity index (χ3v) is 3.83. The molecule has 0 unspecified atom stereocenters. The van der Waals surface area contributed by atoms with Crippen molar-refractivity contribution >= 4 is 23.2 Å². The molecule has 0 aliphatic carbocycles. The van der Waals surface area contributed by atoms with Gasteiger partial charge in [0.15, 0.2) is 0 Å². The summed E-state index contributed by atoms with van der Waals surface area (Å²) in [6.07, 6.45) is 3.86. The Balaban J connectivity index is 1.64. The van der Waals surface area contributed by atoms with Crippen molar-refractivity contribution in [3.05, 3.63) is 71.5 Å². The molecule has 122 valence electrons. The highest BCUT2D eigenvalue weighted by Crippen LogP contribution is 2.26. The number of methoxy groups -OCH3 is 1. The van der Waals surface area contributed by atoms with E-state index in [1.54, 1.807) is 36.2 Å². The van der Waals surface area contributed by atoms with Gasteiger partial charge in [-0.15, -0.1) is 0 Å². The van der Waals surface area contributed by atoms with Crippen molar-refractivity contribution < 1.29 is 9.53 Å². The summed E-state index contributed by atoms with van der Waals surface area (Å²) in [5.41, 5.74) is 2.42. The molecule has 5 nitrogen and oxygen atoms in total. The van der Waals surface area contributed by atoms with Gasteiger partial charge >= 0.3 is 0 Å². The van der Waals surface area contributed by atoms with Gasteiger partial charge in [-0.1, -0.05) is 23.7 Å². The van der Waals surface area contributed by atoms with Gasteiger partial charge < -0.3 is 10.1 Å². The van der Waals surface area contributed by atoms with E-state index in [1.165, 1.54) is 0 Å². The molecule has 1 aromatic heterocycles. The standard InChI is InChI=1S/C18H16ClN3O2/c1-24-15-7-8-17(16(19)12-15)21-18(23)11-13-3-5-14(6-4-13)22-10-2-9-20-22/h2-10,12H,11H2,1H3,(H,21,23). The topological polar surface area (TPSA) is 56.1 Å². The molecule has 0 spiro atoms. The minimum atomic E-state index is -0.131. The highest BCUT2D eigenvalue weighted by atomic mass is 35.5. The maximum Gasteiger partial charge on any atom is 0.228 e. The molecule has 0 radical (unpaired) electrons. The molecule has 1 amide bonds. The molecule has 3 aromatic rings. The number of anilines is 1. The van der Waals surface area contributed by atoms with Gasteiger partial charge in [-0.2, -0.15) is 5.10 Å². The van der Waals surface area contributed by atoms with E-state index in [0.29, 0.717) is 16.5 Å². The Kier molecular flexibility index (Phi) is 4.82. The third kappa shape index (κ3) is 3.75. The number of carbonyl (C=O) groups is 1. The summed E-state index contributed by atoms with van der Waals surface area (Å²) in [6, 6.07) is 14.7. The number of aromatic nitrogens is 2. The number of benzene rings is 2. The van der Waals surface area contributed by atoms with E-state index < -0.39 is 0 Å². The van der Waals surface area contributed by atoms with Crippen molar-refractivity contribution in [3.63, 3.8) is 0 Å². The first-order chi connectivity index (χ1) is 11.7. The van der Waals surface area contributed by atoms with Gasteiger partial charge in [0.05, 0.1) is 29.9 Å². The van der Waals surface area contributed by atoms with Gasteiger partial charge in [0.25, 0.3) is 0 Å². The maximum absolute atomic E-state index is 12.2. The lowest BCUT2D eigenvalue weighted by Gasteiger charge is -2.09. The summed E-state index contributed by atoms with van der Waals surface area (Å²) in [4.78, 5) is 12.2. The zero-order chi connectivity index (χ0) is 16.9. The molecule has 1 heterocycles. The number of hydrogen-bond acceptors (Lipinski definition) is 3. The molecule has 0 aliphatic rings. The number of nitrogens with one attached hydrogen (secondary N) is 1. The smallest absolute Gasteiger partial charge is 0.228 e. The fourth-order valence-corrected chi connectivity index (χ4v) is 2.51. The first kappa shape index (κ1) is 16.1. The molecule has 0 saturated carbocycles. The molecule has 6 heteroatoms. The molecule has 3 rings (SSSR count). The van der Waals surface area contributed by atoms with Crippen molar-refractivity contribution in [2.45, 2.75) is 6.42 Å². The van der Waals surface area contributed by atoms with Crippen molar-refractivity contribution in [2.24, 2.45) is 0 Å². The van der Waals surface area contributed by atoms with Crippen LogP contribution in [0, 0.1) is 0 Å². The Morgan fingerprint density at radius 1 is 1.25 bits per heavy atom. The lowest BCUT2D eigenvalue weighted by atomic mass is 10.1. The normalized spacial score (nSPS) is 10.4. The van der Waals surface area contributed by atoms with Crippen LogP contribution in [0.1, 0.15) is 5.56 Å². The van der Waals surface area contributed by atoms with E-state index >= 15 is 0 Å². The average Bonchev–Trinajstić information content (AvgIpc) is 3.12. The first-order valence-corrected chi connectivity index (χ1v) is 7.76. The Hall–Kier alpha value is -2.79. The second-order valence-electron chi connectivity index (χ2n) is 5.19. The minimum Gasteiger partial charge on any atom is -0.497 e. The highest BCUT2D eigenvalue weighted by molar-refractivity contribution is 6.33. The minimum absolute atomic E-state index is 0.131. The summed E-state index contributed by atoms with van der Waals surface area (Å²) >= 11 is 6.13. The zero-order valence-electron chi connectivity index (χ0n) is 13.1. The second kappa shape index (κ2) is 7.19. The molecular weight excluding hydrogens is 326 g/mol. The monoisotopic (exact) mass is 341 g/mol. The molecular formula is C18H16ClN3O2. The van der Waals surface area contributed by atoms with E-state index in [0.717, 1.165) is 11.3 Å². The Labute approximate surface area is 144 Å². The summed E-state index contributed by atoms with van der Waals surface area (Å²) in [5.74, 6) is 0.515. The van der Waals surface area contributed by atoms with Crippen LogP contribution < -0.4 is 10.1 Å². The van der Waals surface area contributed by atoms with Crippen LogP contribution in [0.5, 0.6) is 5.75 Å². The summed E-state index contributed by atoms with van der Waals surface area (Å²) in [6.45, 7) is 0. The molecule has 0 atom stereocenters. The fourth-order valence-electron chi connectivity index (χ4n) is 2.29. The Morgan fingerprint density at radius 2 is 2.04 bits per heavy atom. The Morgan fingerprint density at radius 3 is 2.67 bits per heavy atom. The van der Waals surface area contributed by atoms with E-state index in [-0.39, 0.29) is 12.3 Å². The molecule has 2 aromatic carbocycles. The van der Waals surface area contributed by atoms with Gasteiger partial charge in [-0.25, -0.2) is 4.68 Å². The SMILES string of the molecule is COc1ccc(NC(=O)Cc2ccc(-n3cccn3)cc2)c(Cl)c1. The Bertz CT molecular complexity index is 830. The summed E-state index contributed by atoms with van der Waals surface area (Å²) in [5, 5.41) is 7.42. The number of halogens is 1. The molecule has 0 aliphatic heterocycles. The van der Waals surface area contributed by atoms with Crippen LogP contribution >= 0.6 is 11.6 Å². The number of carbonyl (C=O) groups excluding carboxylic acids is 1. The quantitative estimate of drug-likeness (QED) is 0.769. The lowest BCUT2D eigenvalue weighted by Crippen LogP contribution is -2.14. The van der Waals surface area contributed by atoms with Gasteiger partial charge in [0.1, 0.15) is 5.75 Å². The van der Waals surface area contributed by atoms with E-state index in [2.05, 4.69) is 10.4 Å². The van der Waals surface area contributed by atoms with Crippen molar-refractivity contribution in [1.82, 2.24) is 9.78 Å². The summed E-state index contributed by atoms with van der Waals surface area (Å²) < 4.78 is 6.85. The highest BCUT2D eigenvalue weighted by Gasteiger charge is 2.08. The number of rotatable bonds is 5. The average molecular weight is 342 g/mol. The zero-order valence-corrected chi connectivity index (χ0v) is 13.8. The predicted molar refractivity (Wildman–Crippen MR) is 93.9 cm³/mol. The molecule has 1 N–H and O–H groups in total. The van der Waals surface area contributed by atoms with Gasteiger partial charge in [-0.3, -0.25) is 4.79 Å². The van der Waals surface area contributed by atoms with Crippen LogP contribution in [-0.4, -0.2) is 22.8 Å². The van der Waals surface area contributed by atoms with Gasteiger partial charge in [0, 0.05) is 18.5 Å². The molecule has 0 fully saturated rings. The molecule has 24 heavy (non-hydrogen) atoms.